The minimum Gasteiger partial charge on any atom is -0.481 e. The number of likely N-dealkylation sites (tertiary alicyclic amines) is 1. The maximum absolute atomic E-state index is 12.5. The van der Waals surface area contributed by atoms with Crippen LogP contribution < -0.4 is 0 Å². The van der Waals surface area contributed by atoms with Crippen LogP contribution in [0.2, 0.25) is 0 Å². The van der Waals surface area contributed by atoms with Crippen LogP contribution in [0.25, 0.3) is 0 Å². The predicted molar refractivity (Wildman–Crippen MR) is 78.7 cm³/mol. The average Bonchev–Trinajstić information content (AvgIpc) is 2.45. The minimum absolute atomic E-state index is 0.00643. The summed E-state index contributed by atoms with van der Waals surface area (Å²) >= 11 is 0. The van der Waals surface area contributed by atoms with Crippen LogP contribution in [0.5, 0.6) is 0 Å². The van der Waals surface area contributed by atoms with E-state index in [1.807, 2.05) is 27.8 Å². The average molecular weight is 284 g/mol. The van der Waals surface area contributed by atoms with E-state index in [4.69, 9.17) is 0 Å². The summed E-state index contributed by atoms with van der Waals surface area (Å²) in [6.07, 6.45) is 2.60. The topological polar surface area (TPSA) is 60.9 Å². The van der Waals surface area contributed by atoms with Gasteiger partial charge in [-0.2, -0.15) is 0 Å². The second-order valence-corrected chi connectivity index (χ2v) is 6.43. The van der Waals surface area contributed by atoms with Crippen LogP contribution in [-0.2, 0) is 4.79 Å². The number of nitrogens with zero attached hydrogens (tertiary/aromatic N) is 2. The Hall–Kier alpha value is -1.26. The van der Waals surface area contributed by atoms with Gasteiger partial charge in [-0.1, -0.05) is 13.8 Å². The summed E-state index contributed by atoms with van der Waals surface area (Å²) in [6, 6.07) is 0.00643. The number of hydrogen-bond donors (Lipinski definition) is 1. The summed E-state index contributed by atoms with van der Waals surface area (Å²) in [7, 11) is 1.82. The zero-order valence-corrected chi connectivity index (χ0v) is 13.4. The molecule has 0 unspecified atom stereocenters. The molecule has 0 atom stereocenters. The van der Waals surface area contributed by atoms with Crippen molar-refractivity contribution >= 4 is 12.0 Å². The van der Waals surface area contributed by atoms with Crippen LogP contribution in [0.3, 0.4) is 0 Å². The van der Waals surface area contributed by atoms with Gasteiger partial charge in [-0.3, -0.25) is 4.79 Å². The largest absolute Gasteiger partial charge is 0.481 e. The number of hydrogen-bond acceptors (Lipinski definition) is 2. The number of rotatable bonds is 4. The second kappa shape index (κ2) is 6.02. The monoisotopic (exact) mass is 284 g/mol. The third kappa shape index (κ3) is 3.07. The molecule has 0 aromatic carbocycles. The van der Waals surface area contributed by atoms with Crippen LogP contribution in [0.4, 0.5) is 4.79 Å². The Balaban J connectivity index is 2.70. The number of carbonyl (C=O) groups is 2. The van der Waals surface area contributed by atoms with Gasteiger partial charge in [-0.15, -0.1) is 0 Å². The molecule has 1 rings (SSSR count). The van der Waals surface area contributed by atoms with Crippen molar-refractivity contribution in [1.29, 1.82) is 0 Å². The van der Waals surface area contributed by atoms with Crippen molar-refractivity contribution in [3.63, 3.8) is 0 Å². The quantitative estimate of drug-likeness (QED) is 0.863. The van der Waals surface area contributed by atoms with Crippen LogP contribution in [-0.4, -0.2) is 52.6 Å². The van der Waals surface area contributed by atoms with E-state index >= 15 is 0 Å². The van der Waals surface area contributed by atoms with Crippen molar-refractivity contribution < 1.29 is 14.7 Å². The van der Waals surface area contributed by atoms with E-state index in [-0.39, 0.29) is 11.6 Å². The lowest BCUT2D eigenvalue weighted by atomic mass is 9.76. The molecule has 0 bridgehead atoms. The third-order valence-electron chi connectivity index (χ3n) is 5.18. The van der Waals surface area contributed by atoms with Gasteiger partial charge < -0.3 is 14.9 Å². The van der Waals surface area contributed by atoms with Crippen LogP contribution in [0.1, 0.15) is 53.4 Å². The molecule has 1 fully saturated rings. The highest BCUT2D eigenvalue weighted by Crippen LogP contribution is 2.35. The first-order valence-electron chi connectivity index (χ1n) is 7.46. The summed E-state index contributed by atoms with van der Waals surface area (Å²) in [5.74, 6) is -0.727. The van der Waals surface area contributed by atoms with E-state index in [1.54, 1.807) is 9.80 Å². The smallest absolute Gasteiger partial charge is 0.320 e. The highest BCUT2D eigenvalue weighted by molar-refractivity contribution is 5.77. The molecule has 1 saturated heterocycles. The number of carboxylic acid groups (broad SMARTS) is 1. The zero-order chi connectivity index (χ0) is 15.6. The van der Waals surface area contributed by atoms with Crippen molar-refractivity contribution in [3.8, 4) is 0 Å². The third-order valence-corrected chi connectivity index (χ3v) is 5.18. The maximum atomic E-state index is 12.5. The van der Waals surface area contributed by atoms with E-state index in [0.717, 1.165) is 6.42 Å². The Morgan fingerprint density at radius 3 is 2.10 bits per heavy atom. The SMILES string of the molecule is CCC1(C(=O)O)CCN(C(=O)N(C)C(C)(C)CC)CC1. The molecule has 0 aromatic heterocycles. The first-order chi connectivity index (χ1) is 9.20. The lowest BCUT2D eigenvalue weighted by Crippen LogP contribution is -2.54. The van der Waals surface area contributed by atoms with Gasteiger partial charge in [0.25, 0.3) is 0 Å². The normalized spacial score (nSPS) is 18.8. The highest BCUT2D eigenvalue weighted by atomic mass is 16.4. The molecular weight excluding hydrogens is 256 g/mol. The van der Waals surface area contributed by atoms with E-state index in [1.165, 1.54) is 0 Å². The van der Waals surface area contributed by atoms with Crippen LogP contribution in [0, 0.1) is 5.41 Å². The van der Waals surface area contributed by atoms with E-state index in [0.29, 0.717) is 32.4 Å². The molecule has 1 aliphatic heterocycles. The molecule has 0 radical (unpaired) electrons. The molecule has 0 aromatic rings. The van der Waals surface area contributed by atoms with Crippen molar-refractivity contribution in [2.45, 2.75) is 58.9 Å². The number of amides is 2. The van der Waals surface area contributed by atoms with Crippen LogP contribution >= 0.6 is 0 Å². The van der Waals surface area contributed by atoms with E-state index < -0.39 is 11.4 Å². The molecular formula is C15H28N2O3. The molecule has 116 valence electrons. The Bertz CT molecular complexity index is 371. The van der Waals surface area contributed by atoms with Gasteiger partial charge >= 0.3 is 12.0 Å². The lowest BCUT2D eigenvalue weighted by molar-refractivity contribution is -0.152. The van der Waals surface area contributed by atoms with Gasteiger partial charge in [0.2, 0.25) is 0 Å². The summed E-state index contributed by atoms with van der Waals surface area (Å²) in [6.45, 7) is 9.13. The van der Waals surface area contributed by atoms with Gasteiger partial charge in [0.1, 0.15) is 0 Å². The summed E-state index contributed by atoms with van der Waals surface area (Å²) < 4.78 is 0. The molecule has 5 heteroatoms. The lowest BCUT2D eigenvalue weighted by Gasteiger charge is -2.43. The predicted octanol–water partition coefficient (Wildman–Crippen LogP) is 2.80. The van der Waals surface area contributed by atoms with Gasteiger partial charge in [0.05, 0.1) is 5.41 Å². The van der Waals surface area contributed by atoms with Crippen molar-refractivity contribution in [3.05, 3.63) is 0 Å². The maximum Gasteiger partial charge on any atom is 0.320 e. The Morgan fingerprint density at radius 1 is 1.25 bits per heavy atom. The molecule has 20 heavy (non-hydrogen) atoms. The number of carboxylic acids is 1. The number of urea groups is 1. The summed E-state index contributed by atoms with van der Waals surface area (Å²) in [5, 5.41) is 9.38. The van der Waals surface area contributed by atoms with Gasteiger partial charge in [0, 0.05) is 25.7 Å². The van der Waals surface area contributed by atoms with Crippen LogP contribution in [0.15, 0.2) is 0 Å². The zero-order valence-electron chi connectivity index (χ0n) is 13.4. The van der Waals surface area contributed by atoms with E-state index in [2.05, 4.69) is 6.92 Å². The molecule has 2 amide bonds. The molecule has 0 spiro atoms. The van der Waals surface area contributed by atoms with Gasteiger partial charge in [0.15, 0.2) is 0 Å². The fraction of sp³-hybridized carbons (Fsp3) is 0.867. The van der Waals surface area contributed by atoms with Crippen molar-refractivity contribution in [2.75, 3.05) is 20.1 Å². The fourth-order valence-electron chi connectivity index (χ4n) is 2.55. The van der Waals surface area contributed by atoms with Gasteiger partial charge in [-0.25, -0.2) is 4.79 Å². The Kier molecular flexibility index (Phi) is 5.05. The first kappa shape index (κ1) is 16.8. The summed E-state index contributed by atoms with van der Waals surface area (Å²) in [4.78, 5) is 27.4. The highest BCUT2D eigenvalue weighted by Gasteiger charge is 2.42. The van der Waals surface area contributed by atoms with Gasteiger partial charge in [-0.05, 0) is 39.5 Å². The minimum atomic E-state index is -0.727. The molecule has 1 aliphatic rings. The Labute approximate surface area is 121 Å². The number of carbonyl (C=O) groups excluding carboxylic acids is 1. The number of piperidine rings is 1. The van der Waals surface area contributed by atoms with Crippen molar-refractivity contribution in [2.24, 2.45) is 5.41 Å². The molecule has 0 aliphatic carbocycles. The molecule has 0 saturated carbocycles. The van der Waals surface area contributed by atoms with Crippen molar-refractivity contribution in [1.82, 2.24) is 9.80 Å². The first-order valence-corrected chi connectivity index (χ1v) is 7.46. The fourth-order valence-corrected chi connectivity index (χ4v) is 2.55. The molecule has 1 N–H and O–H groups in total. The Morgan fingerprint density at radius 2 is 1.75 bits per heavy atom. The molecule has 1 heterocycles. The number of aliphatic carboxylic acids is 1. The summed E-state index contributed by atoms with van der Waals surface area (Å²) in [5.41, 5.74) is -0.821. The second-order valence-electron chi connectivity index (χ2n) is 6.43. The molecule has 5 nitrogen and oxygen atoms in total. The standard InChI is InChI=1S/C15H28N2O3/c1-6-14(3,4)16(5)13(20)17-10-8-15(7-2,9-11-17)12(18)19/h6-11H2,1-5H3,(H,18,19). The van der Waals surface area contributed by atoms with E-state index in [9.17, 15) is 14.7 Å².